The lowest BCUT2D eigenvalue weighted by atomic mass is 10.1. The topological polar surface area (TPSA) is 68.8 Å². The molecule has 0 aliphatic carbocycles. The van der Waals surface area contributed by atoms with Gasteiger partial charge in [0.2, 0.25) is 0 Å². The molecule has 6 nitrogen and oxygen atoms in total. The first-order valence-electron chi connectivity index (χ1n) is 10.5. The van der Waals surface area contributed by atoms with Gasteiger partial charge in [-0.05, 0) is 29.8 Å². The molecule has 0 saturated heterocycles. The SMILES string of the molecule is Cc1cc(=O)n2nc(-c3ccccc3)cc2n1C[C@@H](O)COc1ccc2ccccc2c1. The van der Waals surface area contributed by atoms with E-state index in [1.165, 1.54) is 10.6 Å². The smallest absolute Gasteiger partial charge is 0.274 e. The number of fused-ring (bicyclic) bond motifs is 2. The molecule has 0 aliphatic heterocycles. The molecule has 0 unspecified atom stereocenters. The summed E-state index contributed by atoms with van der Waals surface area (Å²) in [5.74, 6) is 0.709. The summed E-state index contributed by atoms with van der Waals surface area (Å²) >= 11 is 0. The Kier molecular flexibility index (Phi) is 5.21. The summed E-state index contributed by atoms with van der Waals surface area (Å²) in [4.78, 5) is 12.5. The molecule has 160 valence electrons. The molecule has 0 saturated carbocycles. The van der Waals surface area contributed by atoms with Crippen LogP contribution in [0.4, 0.5) is 0 Å². The van der Waals surface area contributed by atoms with E-state index < -0.39 is 6.10 Å². The van der Waals surface area contributed by atoms with Crippen LogP contribution < -0.4 is 10.3 Å². The van der Waals surface area contributed by atoms with E-state index in [0.717, 1.165) is 22.0 Å². The zero-order valence-corrected chi connectivity index (χ0v) is 17.7. The molecular weight excluding hydrogens is 402 g/mol. The monoisotopic (exact) mass is 425 g/mol. The van der Waals surface area contributed by atoms with Gasteiger partial charge in [-0.25, -0.2) is 0 Å². The number of aliphatic hydroxyl groups is 1. The maximum absolute atomic E-state index is 12.5. The number of ether oxygens (including phenoxy) is 1. The molecule has 0 spiro atoms. The highest BCUT2D eigenvalue weighted by Crippen LogP contribution is 2.22. The van der Waals surface area contributed by atoms with Crippen LogP contribution in [0.25, 0.3) is 27.7 Å². The lowest BCUT2D eigenvalue weighted by Crippen LogP contribution is -2.27. The third-order valence-corrected chi connectivity index (χ3v) is 5.56. The predicted octanol–water partition coefficient (Wildman–Crippen LogP) is 4.06. The van der Waals surface area contributed by atoms with Crippen LogP contribution in [0.15, 0.2) is 89.7 Å². The van der Waals surface area contributed by atoms with Crippen molar-refractivity contribution >= 4 is 16.4 Å². The van der Waals surface area contributed by atoms with Gasteiger partial charge >= 0.3 is 0 Å². The van der Waals surface area contributed by atoms with Gasteiger partial charge in [-0.3, -0.25) is 4.79 Å². The molecule has 5 aromatic rings. The summed E-state index contributed by atoms with van der Waals surface area (Å²) in [7, 11) is 0. The van der Waals surface area contributed by atoms with E-state index in [4.69, 9.17) is 4.74 Å². The lowest BCUT2D eigenvalue weighted by Gasteiger charge is -2.17. The molecule has 3 aromatic carbocycles. The summed E-state index contributed by atoms with van der Waals surface area (Å²) in [6, 6.07) is 27.1. The van der Waals surface area contributed by atoms with E-state index in [2.05, 4.69) is 5.10 Å². The van der Waals surface area contributed by atoms with Crippen molar-refractivity contribution in [3.8, 4) is 17.0 Å². The van der Waals surface area contributed by atoms with Crippen molar-refractivity contribution in [3.05, 3.63) is 101 Å². The maximum atomic E-state index is 12.5. The van der Waals surface area contributed by atoms with Crippen LogP contribution in [0.1, 0.15) is 5.69 Å². The van der Waals surface area contributed by atoms with Crippen molar-refractivity contribution < 1.29 is 9.84 Å². The Morgan fingerprint density at radius 2 is 1.69 bits per heavy atom. The summed E-state index contributed by atoms with van der Waals surface area (Å²) in [6.07, 6.45) is -0.762. The Morgan fingerprint density at radius 3 is 2.50 bits per heavy atom. The molecule has 0 amide bonds. The molecule has 0 bridgehead atoms. The Balaban J connectivity index is 1.38. The zero-order chi connectivity index (χ0) is 22.1. The zero-order valence-electron chi connectivity index (χ0n) is 17.7. The van der Waals surface area contributed by atoms with Crippen molar-refractivity contribution in [3.63, 3.8) is 0 Å². The number of aromatic nitrogens is 3. The van der Waals surface area contributed by atoms with Crippen molar-refractivity contribution in [1.29, 1.82) is 0 Å². The number of benzene rings is 3. The first-order valence-corrected chi connectivity index (χ1v) is 10.5. The molecule has 0 aliphatic rings. The van der Waals surface area contributed by atoms with Gasteiger partial charge < -0.3 is 14.4 Å². The fraction of sp³-hybridized carbons (Fsp3) is 0.154. The highest BCUT2D eigenvalue weighted by molar-refractivity contribution is 5.83. The molecular formula is C26H23N3O3. The Hall–Kier alpha value is -3.90. The summed E-state index contributed by atoms with van der Waals surface area (Å²) in [6.45, 7) is 2.27. The fourth-order valence-corrected chi connectivity index (χ4v) is 3.92. The van der Waals surface area contributed by atoms with E-state index in [-0.39, 0.29) is 18.7 Å². The van der Waals surface area contributed by atoms with Gasteiger partial charge in [-0.2, -0.15) is 9.61 Å². The van der Waals surface area contributed by atoms with E-state index in [9.17, 15) is 9.90 Å². The quantitative estimate of drug-likeness (QED) is 0.445. The number of aryl methyl sites for hydroxylation is 1. The lowest BCUT2D eigenvalue weighted by molar-refractivity contribution is 0.0927. The Bertz CT molecular complexity index is 1450. The summed E-state index contributed by atoms with van der Waals surface area (Å²) < 4.78 is 9.13. The van der Waals surface area contributed by atoms with Crippen LogP contribution in [0.2, 0.25) is 0 Å². The van der Waals surface area contributed by atoms with Crippen LogP contribution in [0, 0.1) is 6.92 Å². The van der Waals surface area contributed by atoms with Crippen molar-refractivity contribution in [2.45, 2.75) is 19.6 Å². The van der Waals surface area contributed by atoms with Crippen LogP contribution in [0.5, 0.6) is 5.75 Å². The summed E-state index contributed by atoms with van der Waals surface area (Å²) in [5.41, 5.74) is 2.84. The maximum Gasteiger partial charge on any atom is 0.274 e. The highest BCUT2D eigenvalue weighted by atomic mass is 16.5. The number of aliphatic hydroxyl groups excluding tert-OH is 1. The number of hydrogen-bond donors (Lipinski definition) is 1. The third-order valence-electron chi connectivity index (χ3n) is 5.56. The molecule has 6 heteroatoms. The van der Waals surface area contributed by atoms with Crippen molar-refractivity contribution in [2.24, 2.45) is 0 Å². The minimum absolute atomic E-state index is 0.135. The second kappa shape index (κ2) is 8.32. The van der Waals surface area contributed by atoms with Gasteiger partial charge in [0.25, 0.3) is 5.56 Å². The minimum atomic E-state index is -0.762. The molecule has 1 N–H and O–H groups in total. The molecule has 2 heterocycles. The van der Waals surface area contributed by atoms with Gasteiger partial charge in [0.05, 0.1) is 12.2 Å². The molecule has 0 radical (unpaired) electrons. The average Bonchev–Trinajstić information content (AvgIpc) is 3.27. The van der Waals surface area contributed by atoms with Crippen molar-refractivity contribution in [1.82, 2.24) is 14.2 Å². The van der Waals surface area contributed by atoms with E-state index >= 15 is 0 Å². The standard InChI is InChI=1S/C26H23N3O3/c1-18-13-26(31)29-25(15-24(27-29)20-8-3-2-4-9-20)28(18)16-22(30)17-32-23-12-11-19-7-5-6-10-21(19)14-23/h2-15,22,30H,16-17H2,1H3/t22-/m1/s1. The predicted molar refractivity (Wildman–Crippen MR) is 125 cm³/mol. The van der Waals surface area contributed by atoms with Gasteiger partial charge in [0.1, 0.15) is 24.1 Å². The normalized spacial score (nSPS) is 12.3. The second-order valence-corrected chi connectivity index (χ2v) is 7.87. The largest absolute Gasteiger partial charge is 0.491 e. The highest BCUT2D eigenvalue weighted by Gasteiger charge is 2.15. The van der Waals surface area contributed by atoms with Crippen LogP contribution in [-0.4, -0.2) is 32.0 Å². The van der Waals surface area contributed by atoms with Crippen LogP contribution in [-0.2, 0) is 6.54 Å². The summed E-state index contributed by atoms with van der Waals surface area (Å²) in [5, 5.41) is 17.4. The number of hydrogen-bond acceptors (Lipinski definition) is 4. The number of rotatable bonds is 6. The second-order valence-electron chi connectivity index (χ2n) is 7.87. The van der Waals surface area contributed by atoms with Crippen molar-refractivity contribution in [2.75, 3.05) is 6.61 Å². The van der Waals surface area contributed by atoms with Gasteiger partial charge in [0, 0.05) is 23.4 Å². The average molecular weight is 425 g/mol. The first kappa shape index (κ1) is 20.0. The van der Waals surface area contributed by atoms with Crippen LogP contribution in [0.3, 0.4) is 0 Å². The number of nitrogens with zero attached hydrogens (tertiary/aromatic N) is 3. The van der Waals surface area contributed by atoms with E-state index in [1.807, 2.05) is 90.4 Å². The molecule has 5 rings (SSSR count). The molecule has 32 heavy (non-hydrogen) atoms. The first-order chi connectivity index (χ1) is 15.6. The van der Waals surface area contributed by atoms with Gasteiger partial charge in [-0.15, -0.1) is 0 Å². The van der Waals surface area contributed by atoms with E-state index in [0.29, 0.717) is 17.1 Å². The van der Waals surface area contributed by atoms with E-state index in [1.54, 1.807) is 0 Å². The molecule has 0 fully saturated rings. The third kappa shape index (κ3) is 3.88. The van der Waals surface area contributed by atoms with Gasteiger partial charge in [0.15, 0.2) is 0 Å². The molecule has 1 atom stereocenters. The minimum Gasteiger partial charge on any atom is -0.491 e. The molecule has 2 aromatic heterocycles. The van der Waals surface area contributed by atoms with Crippen LogP contribution >= 0.6 is 0 Å². The Labute approximate surface area is 184 Å². The fourth-order valence-electron chi connectivity index (χ4n) is 3.92. The Morgan fingerprint density at radius 1 is 0.938 bits per heavy atom. The van der Waals surface area contributed by atoms with Gasteiger partial charge in [-0.1, -0.05) is 60.7 Å².